The molecule has 10 nitrogen and oxygen atoms in total. The highest BCUT2D eigenvalue weighted by molar-refractivity contribution is 6.62. The quantitative estimate of drug-likeness (QED) is 0.111. The molecule has 0 atom stereocenters. The van der Waals surface area contributed by atoms with E-state index in [9.17, 15) is 8.78 Å². The smallest absolute Gasteiger partial charge is 0.399 e. The van der Waals surface area contributed by atoms with Gasteiger partial charge in [0.1, 0.15) is 11.6 Å². The highest BCUT2D eigenvalue weighted by Crippen LogP contribution is 2.44. The van der Waals surface area contributed by atoms with Gasteiger partial charge in [0.25, 0.3) is 0 Å². The van der Waals surface area contributed by atoms with Crippen LogP contribution in [0.1, 0.15) is 55.4 Å². The normalized spacial score (nSPS) is 16.0. The van der Waals surface area contributed by atoms with Crippen LogP contribution in [0.3, 0.4) is 0 Å². The molecule has 2 aliphatic heterocycles. The van der Waals surface area contributed by atoms with Gasteiger partial charge in [0.05, 0.1) is 33.4 Å². The molecule has 2 aromatic heterocycles. The number of anilines is 6. The number of rotatable bonds is 12. The van der Waals surface area contributed by atoms with Gasteiger partial charge in [0.15, 0.2) is 17.5 Å². The summed E-state index contributed by atoms with van der Waals surface area (Å²) in [6, 6.07) is 70.5. The first kappa shape index (κ1) is 53.5. The standard InChI is InChI=1S/C69H60B2F2N6O4/c1-66(2)67(3,4)81-70(80-66)48-22-30-52(31-23-48)77(54-34-26-50(72)27-35-54)57-38-40-61-59(43-57)60-44-58(78(55-36-28-51(73)29-37-55)53-32-24-49(25-33-53)71-82-68(5,6)69(7,8)83-71)39-41-62(60)79(61)56-21-15-20-47(42-56)65-75-63(45-16-11-9-12-17-45)74-64(76-65)46-18-13-10-14-19-46/h9-44H,1-8H3. The molecule has 14 heteroatoms. The van der Waals surface area contributed by atoms with Crippen LogP contribution in [0, 0.1) is 11.6 Å². The Hall–Kier alpha value is -8.78. The van der Waals surface area contributed by atoms with Crippen LogP contribution in [0.2, 0.25) is 0 Å². The summed E-state index contributed by atoms with van der Waals surface area (Å²) in [4.78, 5) is 19.4. The van der Waals surface area contributed by atoms with Gasteiger partial charge in [0, 0.05) is 67.3 Å². The average Bonchev–Trinajstić information content (AvgIpc) is 2.33. The lowest BCUT2D eigenvalue weighted by Gasteiger charge is -2.32. The summed E-state index contributed by atoms with van der Waals surface area (Å²) in [5.41, 5.74) is 9.96. The lowest BCUT2D eigenvalue weighted by Crippen LogP contribution is -2.41. The summed E-state index contributed by atoms with van der Waals surface area (Å²) in [6.07, 6.45) is 0. The molecule has 2 fully saturated rings. The van der Waals surface area contributed by atoms with E-state index in [0.717, 1.165) is 89.2 Å². The van der Waals surface area contributed by atoms with E-state index in [2.05, 4.69) is 62.9 Å². The Labute approximate surface area is 483 Å². The largest absolute Gasteiger partial charge is 0.494 e. The maximum Gasteiger partial charge on any atom is 0.494 e. The first-order valence-corrected chi connectivity index (χ1v) is 28.0. The fourth-order valence-electron chi connectivity index (χ4n) is 10.9. The SMILES string of the molecule is CC1(C)OB(c2ccc(N(c3ccc(F)cc3)c3ccc4c(c3)c3cc(N(c5ccc(F)cc5)c5ccc(B6OC(C)(C)C(C)(C)O6)cc5)ccc3n4-c3cccc(-c4nc(-c5ccccc5)nc(-c5ccccc5)n4)c3)cc2)OC1(C)C. The number of hydrogen-bond acceptors (Lipinski definition) is 9. The topological polar surface area (TPSA) is 87.0 Å². The summed E-state index contributed by atoms with van der Waals surface area (Å²) in [7, 11) is -1.10. The summed E-state index contributed by atoms with van der Waals surface area (Å²) in [5, 5.41) is 1.89. The molecule has 0 amide bonds. The van der Waals surface area contributed by atoms with Crippen molar-refractivity contribution in [1.82, 2.24) is 19.5 Å². The minimum Gasteiger partial charge on any atom is -0.399 e. The Bertz CT molecular complexity index is 3930. The van der Waals surface area contributed by atoms with Gasteiger partial charge in [-0.25, -0.2) is 23.7 Å². The van der Waals surface area contributed by atoms with Crippen molar-refractivity contribution in [3.8, 4) is 39.9 Å². The van der Waals surface area contributed by atoms with Crippen molar-refractivity contribution in [2.24, 2.45) is 0 Å². The van der Waals surface area contributed by atoms with Crippen molar-refractivity contribution >= 4 is 81.1 Å². The molecule has 0 N–H and O–H groups in total. The van der Waals surface area contributed by atoms with Gasteiger partial charge in [-0.15, -0.1) is 0 Å². The van der Waals surface area contributed by atoms with Crippen LogP contribution in [-0.2, 0) is 18.6 Å². The molecule has 2 aliphatic rings. The number of aromatic nitrogens is 4. The van der Waals surface area contributed by atoms with Crippen molar-refractivity contribution in [2.45, 2.75) is 77.8 Å². The number of hydrogen-bond donors (Lipinski definition) is 0. The van der Waals surface area contributed by atoms with Crippen LogP contribution in [0.15, 0.2) is 218 Å². The lowest BCUT2D eigenvalue weighted by molar-refractivity contribution is 0.00578. The van der Waals surface area contributed by atoms with Crippen molar-refractivity contribution in [2.75, 3.05) is 9.80 Å². The Morgan fingerprint density at radius 1 is 0.349 bits per heavy atom. The van der Waals surface area contributed by atoms with Gasteiger partial charge in [-0.05, 0) is 188 Å². The van der Waals surface area contributed by atoms with Gasteiger partial charge in [-0.3, -0.25) is 0 Å². The Morgan fingerprint density at radius 2 is 0.675 bits per heavy atom. The molecule has 0 bridgehead atoms. The fourth-order valence-corrected chi connectivity index (χ4v) is 10.9. The Kier molecular flexibility index (Phi) is 13.3. The van der Waals surface area contributed by atoms with Crippen LogP contribution >= 0.6 is 0 Å². The van der Waals surface area contributed by atoms with E-state index in [1.807, 2.05) is 177 Å². The van der Waals surface area contributed by atoms with Gasteiger partial charge in [0.2, 0.25) is 0 Å². The van der Waals surface area contributed by atoms with Crippen LogP contribution in [0.25, 0.3) is 61.7 Å². The Morgan fingerprint density at radius 3 is 1.05 bits per heavy atom. The van der Waals surface area contributed by atoms with Crippen molar-refractivity contribution in [1.29, 1.82) is 0 Å². The molecule has 9 aromatic carbocycles. The summed E-state index contributed by atoms with van der Waals surface area (Å²) in [6.45, 7) is 16.4. The molecule has 2 saturated heterocycles. The first-order chi connectivity index (χ1) is 39.9. The molecular formula is C69H60B2F2N6O4. The van der Waals surface area contributed by atoms with Gasteiger partial charge >= 0.3 is 14.2 Å². The molecular weight excluding hydrogens is 1040 g/mol. The number of nitrogens with zero attached hydrogens (tertiary/aromatic N) is 6. The predicted octanol–water partition coefficient (Wildman–Crippen LogP) is 15.8. The minimum atomic E-state index is -0.548. The maximum atomic E-state index is 14.8. The minimum absolute atomic E-state index is 0.337. The van der Waals surface area contributed by atoms with E-state index in [4.69, 9.17) is 33.6 Å². The first-order valence-electron chi connectivity index (χ1n) is 28.0. The van der Waals surface area contributed by atoms with E-state index in [-0.39, 0.29) is 11.6 Å². The van der Waals surface area contributed by atoms with Gasteiger partial charge in [-0.2, -0.15) is 0 Å². The lowest BCUT2D eigenvalue weighted by atomic mass is 9.79. The Balaban J connectivity index is 0.984. The number of benzene rings is 9. The second-order valence-electron chi connectivity index (χ2n) is 23.3. The number of halogens is 2. The van der Waals surface area contributed by atoms with E-state index >= 15 is 0 Å². The molecule has 0 spiro atoms. The average molecular weight is 1100 g/mol. The number of fused-ring (bicyclic) bond motifs is 3. The zero-order valence-corrected chi connectivity index (χ0v) is 47.5. The third kappa shape index (κ3) is 9.95. The van der Waals surface area contributed by atoms with Crippen LogP contribution in [0.4, 0.5) is 42.9 Å². The summed E-state index contributed by atoms with van der Waals surface area (Å²) < 4.78 is 57.7. The second-order valence-corrected chi connectivity index (χ2v) is 23.3. The monoisotopic (exact) mass is 1100 g/mol. The van der Waals surface area contributed by atoms with Crippen LogP contribution < -0.4 is 20.7 Å². The third-order valence-electron chi connectivity index (χ3n) is 16.8. The van der Waals surface area contributed by atoms with Gasteiger partial charge in [-0.1, -0.05) is 97.1 Å². The van der Waals surface area contributed by atoms with Crippen molar-refractivity contribution in [3.63, 3.8) is 0 Å². The fraction of sp³-hybridized carbons (Fsp3) is 0.174. The third-order valence-corrected chi connectivity index (χ3v) is 16.8. The molecule has 0 unspecified atom stereocenters. The van der Waals surface area contributed by atoms with Crippen LogP contribution in [0.5, 0.6) is 0 Å². The molecule has 0 saturated carbocycles. The summed E-state index contributed by atoms with van der Waals surface area (Å²) >= 11 is 0. The predicted molar refractivity (Wildman–Crippen MR) is 331 cm³/mol. The highest BCUT2D eigenvalue weighted by Gasteiger charge is 2.53. The molecule has 410 valence electrons. The van der Waals surface area contributed by atoms with E-state index < -0.39 is 36.6 Å². The zero-order valence-electron chi connectivity index (χ0n) is 47.5. The van der Waals surface area contributed by atoms with Crippen molar-refractivity contribution < 1.29 is 27.4 Å². The zero-order chi connectivity index (χ0) is 57.4. The van der Waals surface area contributed by atoms with E-state index in [1.165, 1.54) is 24.3 Å². The summed E-state index contributed by atoms with van der Waals surface area (Å²) in [5.74, 6) is 0.994. The highest BCUT2D eigenvalue weighted by atomic mass is 19.1. The van der Waals surface area contributed by atoms with Gasteiger partial charge < -0.3 is 33.0 Å². The molecule has 11 aromatic rings. The maximum absolute atomic E-state index is 14.8. The molecule has 4 heterocycles. The molecule has 13 rings (SSSR count). The van der Waals surface area contributed by atoms with Crippen molar-refractivity contribution in [3.05, 3.63) is 230 Å². The molecule has 0 aliphatic carbocycles. The molecule has 0 radical (unpaired) electrons. The second kappa shape index (κ2) is 20.6. The van der Waals surface area contributed by atoms with E-state index in [1.54, 1.807) is 24.3 Å². The van der Waals surface area contributed by atoms with E-state index in [0.29, 0.717) is 17.5 Å². The van der Waals surface area contributed by atoms with Crippen LogP contribution in [-0.4, -0.2) is 56.2 Å². The molecule has 83 heavy (non-hydrogen) atoms.